The SMILES string of the molecule is C=CC(=O)Nc1cc(-c2cc(-c3cc4c([nH]3)C3(CCCNC3)CNC4=O)ccn2)ccc1OC(F)(F)F. The van der Waals surface area contributed by atoms with Crippen molar-refractivity contribution in [2.45, 2.75) is 24.6 Å². The van der Waals surface area contributed by atoms with Crippen molar-refractivity contribution in [3.8, 4) is 28.3 Å². The third-order valence-corrected chi connectivity index (χ3v) is 6.67. The highest BCUT2D eigenvalue weighted by atomic mass is 19.4. The highest BCUT2D eigenvalue weighted by molar-refractivity contribution is 6.00. The molecule has 4 N–H and O–H groups in total. The largest absolute Gasteiger partial charge is 0.573 e. The number of carbonyl (C=O) groups excluding carboxylic acids is 2. The maximum atomic E-state index is 12.9. The van der Waals surface area contributed by atoms with Crippen molar-refractivity contribution in [1.82, 2.24) is 20.6 Å². The molecule has 0 aliphatic carbocycles. The molecule has 8 nitrogen and oxygen atoms in total. The Morgan fingerprint density at radius 1 is 1.16 bits per heavy atom. The van der Waals surface area contributed by atoms with E-state index < -0.39 is 18.0 Å². The molecule has 1 aromatic carbocycles. The molecule has 3 aromatic rings. The minimum atomic E-state index is -4.93. The van der Waals surface area contributed by atoms with E-state index in [1.54, 1.807) is 18.3 Å². The van der Waals surface area contributed by atoms with Crippen LogP contribution in [0, 0.1) is 0 Å². The summed E-state index contributed by atoms with van der Waals surface area (Å²) >= 11 is 0. The van der Waals surface area contributed by atoms with Crippen LogP contribution in [-0.2, 0) is 10.2 Å². The van der Waals surface area contributed by atoms with Crippen molar-refractivity contribution < 1.29 is 27.5 Å². The lowest BCUT2D eigenvalue weighted by Crippen LogP contribution is -2.54. The van der Waals surface area contributed by atoms with Gasteiger partial charge in [-0.15, -0.1) is 13.2 Å². The average molecular weight is 512 g/mol. The second kappa shape index (κ2) is 9.40. The van der Waals surface area contributed by atoms with Crippen molar-refractivity contribution in [1.29, 1.82) is 0 Å². The van der Waals surface area contributed by atoms with Crippen LogP contribution in [0.15, 0.2) is 55.3 Å². The van der Waals surface area contributed by atoms with Crippen LogP contribution >= 0.6 is 0 Å². The number of pyridine rings is 1. The molecule has 2 aliphatic heterocycles. The number of H-pyrrole nitrogens is 1. The number of aromatic nitrogens is 2. The highest BCUT2D eigenvalue weighted by Crippen LogP contribution is 2.38. The number of carbonyl (C=O) groups is 2. The van der Waals surface area contributed by atoms with Crippen molar-refractivity contribution >= 4 is 17.5 Å². The first-order valence-electron chi connectivity index (χ1n) is 11.7. The molecule has 37 heavy (non-hydrogen) atoms. The molecule has 5 rings (SSSR count). The number of benzene rings is 1. The smallest absolute Gasteiger partial charge is 0.404 e. The highest BCUT2D eigenvalue weighted by Gasteiger charge is 2.42. The van der Waals surface area contributed by atoms with Crippen LogP contribution < -0.4 is 20.7 Å². The summed E-state index contributed by atoms with van der Waals surface area (Å²) < 4.78 is 42.6. The number of fused-ring (bicyclic) bond motifs is 2. The van der Waals surface area contributed by atoms with Gasteiger partial charge in [-0.25, -0.2) is 0 Å². The van der Waals surface area contributed by atoms with Crippen LogP contribution in [-0.4, -0.2) is 47.8 Å². The van der Waals surface area contributed by atoms with Crippen molar-refractivity contribution in [2.75, 3.05) is 25.0 Å². The average Bonchev–Trinajstić information content (AvgIpc) is 3.35. The Balaban J connectivity index is 1.51. The third kappa shape index (κ3) is 4.94. The van der Waals surface area contributed by atoms with Gasteiger partial charge in [0.15, 0.2) is 5.75 Å². The molecule has 1 saturated heterocycles. The van der Waals surface area contributed by atoms with Crippen molar-refractivity contribution in [3.05, 3.63) is 66.5 Å². The zero-order chi connectivity index (χ0) is 26.2. The minimum absolute atomic E-state index is 0.133. The van der Waals surface area contributed by atoms with E-state index in [1.807, 2.05) is 6.07 Å². The Morgan fingerprint density at radius 2 is 2.00 bits per heavy atom. The topological polar surface area (TPSA) is 108 Å². The molecule has 192 valence electrons. The van der Waals surface area contributed by atoms with E-state index in [2.05, 4.69) is 37.2 Å². The van der Waals surface area contributed by atoms with Crippen LogP contribution in [0.1, 0.15) is 28.9 Å². The number of nitrogens with one attached hydrogen (secondary N) is 4. The number of hydrogen-bond acceptors (Lipinski definition) is 5. The van der Waals surface area contributed by atoms with Crippen LogP contribution in [0.4, 0.5) is 18.9 Å². The van der Waals surface area contributed by atoms with E-state index in [0.717, 1.165) is 55.0 Å². The predicted octanol–water partition coefficient (Wildman–Crippen LogP) is 4.13. The van der Waals surface area contributed by atoms with Gasteiger partial charge in [-0.3, -0.25) is 14.6 Å². The van der Waals surface area contributed by atoms with E-state index in [1.165, 1.54) is 12.1 Å². The fraction of sp³-hybridized carbons (Fsp3) is 0.269. The molecular weight excluding hydrogens is 487 g/mol. The van der Waals surface area contributed by atoms with Gasteiger partial charge >= 0.3 is 6.36 Å². The molecule has 2 aliphatic rings. The van der Waals surface area contributed by atoms with Gasteiger partial charge in [-0.2, -0.15) is 0 Å². The van der Waals surface area contributed by atoms with Crippen LogP contribution in [0.25, 0.3) is 22.5 Å². The number of nitrogens with zero attached hydrogens (tertiary/aromatic N) is 1. The Bertz CT molecular complexity index is 1380. The summed E-state index contributed by atoms with van der Waals surface area (Å²) in [6.45, 7) is 5.58. The van der Waals surface area contributed by atoms with E-state index in [9.17, 15) is 22.8 Å². The molecule has 0 radical (unpaired) electrons. The van der Waals surface area contributed by atoms with Gasteiger partial charge in [-0.1, -0.05) is 6.58 Å². The number of anilines is 1. The number of hydrogen-bond donors (Lipinski definition) is 4. The number of alkyl halides is 3. The predicted molar refractivity (Wildman–Crippen MR) is 131 cm³/mol. The molecule has 4 heterocycles. The first kappa shape index (κ1) is 24.6. The van der Waals surface area contributed by atoms with Gasteiger partial charge in [0.05, 0.1) is 16.9 Å². The van der Waals surface area contributed by atoms with Crippen LogP contribution in [0.3, 0.4) is 0 Å². The standard InChI is InChI=1S/C26H24F3N5O3/c1-2-22(35)33-20-11-15(4-5-21(20)37-26(27,28)29)18-10-16(6-9-31-18)19-12-17-23(34-19)25(14-32-24(17)36)7-3-8-30-13-25/h2,4-6,9-12,30,34H,1,3,7-8,13-14H2,(H,32,36)(H,33,35). The summed E-state index contributed by atoms with van der Waals surface area (Å²) in [5.74, 6) is -1.38. The van der Waals surface area contributed by atoms with E-state index in [-0.39, 0.29) is 17.0 Å². The molecule has 2 aromatic heterocycles. The van der Waals surface area contributed by atoms with Gasteiger partial charge in [0.2, 0.25) is 5.91 Å². The quantitative estimate of drug-likeness (QED) is 0.386. The Morgan fingerprint density at radius 3 is 2.73 bits per heavy atom. The maximum Gasteiger partial charge on any atom is 0.573 e. The number of rotatable bonds is 5. The third-order valence-electron chi connectivity index (χ3n) is 6.67. The lowest BCUT2D eigenvalue weighted by molar-refractivity contribution is -0.274. The lowest BCUT2D eigenvalue weighted by atomic mass is 9.74. The molecular formula is C26H24F3N5O3. The normalized spacial score (nSPS) is 19.2. The number of halogens is 3. The monoisotopic (exact) mass is 511 g/mol. The number of piperidine rings is 1. The molecule has 1 spiro atoms. The number of aromatic amines is 1. The van der Waals surface area contributed by atoms with Gasteiger partial charge in [0, 0.05) is 47.2 Å². The summed E-state index contributed by atoms with van der Waals surface area (Å²) in [5, 5.41) is 8.77. The summed E-state index contributed by atoms with van der Waals surface area (Å²) in [4.78, 5) is 32.3. The molecule has 11 heteroatoms. The summed E-state index contributed by atoms with van der Waals surface area (Å²) in [5.41, 5.74) is 3.51. The summed E-state index contributed by atoms with van der Waals surface area (Å²) in [7, 11) is 0. The van der Waals surface area contributed by atoms with E-state index in [4.69, 9.17) is 0 Å². The van der Waals surface area contributed by atoms with Crippen molar-refractivity contribution in [2.24, 2.45) is 0 Å². The van der Waals surface area contributed by atoms with Gasteiger partial charge in [0.25, 0.3) is 5.91 Å². The molecule has 1 fully saturated rings. The Hall–Kier alpha value is -4.12. The lowest BCUT2D eigenvalue weighted by Gasteiger charge is -2.40. The van der Waals surface area contributed by atoms with Gasteiger partial charge in [0.1, 0.15) is 0 Å². The number of ether oxygens (including phenoxy) is 1. The number of amides is 2. The fourth-order valence-corrected chi connectivity index (χ4v) is 4.91. The molecule has 0 saturated carbocycles. The second-order valence-corrected chi connectivity index (χ2v) is 9.10. The molecule has 1 atom stereocenters. The van der Waals surface area contributed by atoms with E-state index >= 15 is 0 Å². The fourth-order valence-electron chi connectivity index (χ4n) is 4.91. The van der Waals surface area contributed by atoms with E-state index in [0.29, 0.717) is 23.4 Å². The molecule has 0 bridgehead atoms. The van der Waals surface area contributed by atoms with Crippen molar-refractivity contribution in [3.63, 3.8) is 0 Å². The summed E-state index contributed by atoms with van der Waals surface area (Å²) in [6, 6.07) is 9.26. The van der Waals surface area contributed by atoms with Gasteiger partial charge < -0.3 is 25.7 Å². The Labute approximate surface area is 210 Å². The molecule has 2 amide bonds. The zero-order valence-corrected chi connectivity index (χ0v) is 19.7. The maximum absolute atomic E-state index is 12.9. The Kier molecular flexibility index (Phi) is 6.24. The summed E-state index contributed by atoms with van der Waals surface area (Å²) in [6.07, 6.45) is -0.467. The minimum Gasteiger partial charge on any atom is -0.404 e. The molecule has 1 unspecified atom stereocenters. The van der Waals surface area contributed by atoms with Crippen LogP contribution in [0.5, 0.6) is 5.75 Å². The zero-order valence-electron chi connectivity index (χ0n) is 19.7. The van der Waals surface area contributed by atoms with Crippen LogP contribution in [0.2, 0.25) is 0 Å². The first-order valence-corrected chi connectivity index (χ1v) is 11.7. The van der Waals surface area contributed by atoms with Gasteiger partial charge in [-0.05, 0) is 61.9 Å². The second-order valence-electron chi connectivity index (χ2n) is 9.10. The first-order chi connectivity index (χ1) is 17.7.